The number of amides is 2. The van der Waals surface area contributed by atoms with Crippen LogP contribution in [0.25, 0.3) is 10.8 Å². The van der Waals surface area contributed by atoms with Crippen molar-refractivity contribution in [3.8, 4) is 28.7 Å². The normalized spacial score (nSPS) is 10.4. The fourth-order valence-electron chi connectivity index (χ4n) is 3.78. The Balaban J connectivity index is 1.46. The van der Waals surface area contributed by atoms with Gasteiger partial charge in [-0.25, -0.2) is 0 Å². The van der Waals surface area contributed by atoms with Gasteiger partial charge >= 0.3 is 0 Å². The number of nitrogens with one attached hydrogen (secondary N) is 2. The molecule has 4 aromatic carbocycles. The number of fused-ring (bicyclic) bond motifs is 1. The molecule has 0 heterocycles. The maximum Gasteiger partial charge on any atom is 0.252 e. The summed E-state index contributed by atoms with van der Waals surface area (Å²) >= 11 is 0. The molecule has 0 atom stereocenters. The topological polar surface area (TPSA) is 95.1 Å². The van der Waals surface area contributed by atoms with Gasteiger partial charge in [0.2, 0.25) is 11.7 Å². The fourth-order valence-corrected chi connectivity index (χ4v) is 3.78. The summed E-state index contributed by atoms with van der Waals surface area (Å²) in [5.41, 5.74) is 0.947. The van der Waals surface area contributed by atoms with Crippen LogP contribution in [0, 0.1) is 0 Å². The molecule has 8 heteroatoms. The van der Waals surface area contributed by atoms with Crippen molar-refractivity contribution in [2.24, 2.45) is 0 Å². The van der Waals surface area contributed by atoms with E-state index in [-0.39, 0.29) is 12.5 Å². The number of ether oxygens (including phenoxy) is 4. The van der Waals surface area contributed by atoms with Crippen LogP contribution < -0.4 is 29.6 Å². The minimum Gasteiger partial charge on any atom is -0.493 e. The van der Waals surface area contributed by atoms with Gasteiger partial charge in [0.05, 0.1) is 33.6 Å². The zero-order chi connectivity index (χ0) is 25.5. The summed E-state index contributed by atoms with van der Waals surface area (Å²) in [5, 5.41) is 7.25. The molecule has 4 rings (SSSR count). The summed E-state index contributed by atoms with van der Waals surface area (Å²) in [5.74, 6) is 1.41. The molecule has 2 amide bonds. The summed E-state index contributed by atoms with van der Waals surface area (Å²) in [6, 6.07) is 23.4. The van der Waals surface area contributed by atoms with Crippen molar-refractivity contribution >= 4 is 28.3 Å². The van der Waals surface area contributed by atoms with E-state index in [1.54, 1.807) is 42.5 Å². The Labute approximate surface area is 208 Å². The van der Waals surface area contributed by atoms with Crippen molar-refractivity contribution in [1.82, 2.24) is 5.32 Å². The zero-order valence-electron chi connectivity index (χ0n) is 20.2. The molecule has 0 radical (unpaired) electrons. The predicted octanol–water partition coefficient (Wildman–Crippen LogP) is 5.03. The average Bonchev–Trinajstić information content (AvgIpc) is 2.91. The van der Waals surface area contributed by atoms with Crippen molar-refractivity contribution in [3.63, 3.8) is 0 Å². The Kier molecular flexibility index (Phi) is 7.55. The Morgan fingerprint density at radius 1 is 0.750 bits per heavy atom. The molecular formula is C28H26N2O6. The van der Waals surface area contributed by atoms with Crippen LogP contribution in [0.2, 0.25) is 0 Å². The highest BCUT2D eigenvalue weighted by Crippen LogP contribution is 2.42. The molecule has 36 heavy (non-hydrogen) atoms. The van der Waals surface area contributed by atoms with Crippen LogP contribution in [-0.4, -0.2) is 39.7 Å². The van der Waals surface area contributed by atoms with Crippen LogP contribution in [0.5, 0.6) is 28.7 Å². The Morgan fingerprint density at radius 3 is 2.14 bits per heavy atom. The molecule has 0 bridgehead atoms. The van der Waals surface area contributed by atoms with Gasteiger partial charge in [0.25, 0.3) is 5.91 Å². The third-order valence-corrected chi connectivity index (χ3v) is 5.47. The highest BCUT2D eigenvalue weighted by Gasteiger charge is 2.16. The third-order valence-electron chi connectivity index (χ3n) is 5.47. The fraction of sp³-hybridized carbons (Fsp3) is 0.143. The molecule has 0 aliphatic carbocycles. The van der Waals surface area contributed by atoms with Crippen molar-refractivity contribution < 1.29 is 28.5 Å². The summed E-state index contributed by atoms with van der Waals surface area (Å²) in [6.07, 6.45) is 0. The van der Waals surface area contributed by atoms with Crippen molar-refractivity contribution in [2.75, 3.05) is 33.2 Å². The average molecular weight is 487 g/mol. The molecule has 8 nitrogen and oxygen atoms in total. The van der Waals surface area contributed by atoms with E-state index in [1.807, 2.05) is 36.4 Å². The number of hydrogen-bond donors (Lipinski definition) is 2. The lowest BCUT2D eigenvalue weighted by Crippen LogP contribution is -2.33. The second kappa shape index (κ2) is 11.1. The lowest BCUT2D eigenvalue weighted by atomic mass is 10.0. The van der Waals surface area contributed by atoms with Gasteiger partial charge in [-0.1, -0.05) is 48.5 Å². The third kappa shape index (κ3) is 5.33. The molecule has 184 valence electrons. The minimum absolute atomic E-state index is 0.208. The molecule has 0 spiro atoms. The first-order valence-corrected chi connectivity index (χ1v) is 11.2. The molecule has 0 unspecified atom stereocenters. The van der Waals surface area contributed by atoms with Crippen molar-refractivity contribution in [3.05, 3.63) is 84.4 Å². The van der Waals surface area contributed by atoms with Gasteiger partial charge in [0.1, 0.15) is 5.75 Å². The number of rotatable bonds is 9. The Morgan fingerprint density at radius 2 is 1.42 bits per heavy atom. The lowest BCUT2D eigenvalue weighted by Gasteiger charge is -2.16. The van der Waals surface area contributed by atoms with E-state index in [4.69, 9.17) is 18.9 Å². The van der Waals surface area contributed by atoms with E-state index in [0.29, 0.717) is 40.0 Å². The monoisotopic (exact) mass is 486 g/mol. The van der Waals surface area contributed by atoms with Crippen LogP contribution in [0.4, 0.5) is 5.69 Å². The zero-order valence-corrected chi connectivity index (χ0v) is 20.2. The smallest absolute Gasteiger partial charge is 0.252 e. The first kappa shape index (κ1) is 24.4. The van der Waals surface area contributed by atoms with E-state index in [2.05, 4.69) is 10.6 Å². The molecule has 0 aliphatic heterocycles. The maximum absolute atomic E-state index is 12.7. The van der Waals surface area contributed by atoms with Gasteiger partial charge in [-0.05, 0) is 29.0 Å². The molecule has 2 N–H and O–H groups in total. The molecule has 0 saturated carbocycles. The van der Waals surface area contributed by atoms with Crippen molar-refractivity contribution in [1.29, 1.82) is 0 Å². The largest absolute Gasteiger partial charge is 0.493 e. The number of para-hydroxylation sites is 2. The molecule has 0 fully saturated rings. The number of methoxy groups -OCH3 is 3. The van der Waals surface area contributed by atoms with Crippen LogP contribution >= 0.6 is 0 Å². The Bertz CT molecular complexity index is 1370. The highest BCUT2D eigenvalue weighted by atomic mass is 16.5. The quantitative estimate of drug-likeness (QED) is 0.345. The number of hydrogen-bond acceptors (Lipinski definition) is 6. The second-order valence-electron chi connectivity index (χ2n) is 7.72. The summed E-state index contributed by atoms with van der Waals surface area (Å²) in [7, 11) is 4.55. The molecule has 4 aromatic rings. The van der Waals surface area contributed by atoms with Gasteiger partial charge in [-0.3, -0.25) is 9.59 Å². The molecule has 0 aliphatic rings. The molecule has 0 aromatic heterocycles. The van der Waals surface area contributed by atoms with Crippen molar-refractivity contribution in [2.45, 2.75) is 0 Å². The van der Waals surface area contributed by atoms with E-state index in [1.165, 1.54) is 21.3 Å². The van der Waals surface area contributed by atoms with E-state index in [9.17, 15) is 9.59 Å². The number of carbonyl (C=O) groups is 2. The second-order valence-corrected chi connectivity index (χ2v) is 7.72. The number of benzene rings is 4. The highest BCUT2D eigenvalue weighted by molar-refractivity contribution is 6.08. The van der Waals surface area contributed by atoms with Gasteiger partial charge in [0.15, 0.2) is 17.2 Å². The summed E-state index contributed by atoms with van der Waals surface area (Å²) in [6.45, 7) is -0.208. The van der Waals surface area contributed by atoms with Gasteiger partial charge in [0, 0.05) is 17.7 Å². The summed E-state index contributed by atoms with van der Waals surface area (Å²) < 4.78 is 22.1. The van der Waals surface area contributed by atoms with Gasteiger partial charge < -0.3 is 29.6 Å². The van der Waals surface area contributed by atoms with Gasteiger partial charge in [-0.15, -0.1) is 0 Å². The minimum atomic E-state index is -0.399. The molecular weight excluding hydrogens is 460 g/mol. The predicted molar refractivity (Wildman–Crippen MR) is 138 cm³/mol. The number of carbonyl (C=O) groups excluding carboxylic acids is 2. The van der Waals surface area contributed by atoms with E-state index >= 15 is 0 Å². The van der Waals surface area contributed by atoms with Gasteiger partial charge in [-0.2, -0.15) is 0 Å². The van der Waals surface area contributed by atoms with Crippen LogP contribution in [0.3, 0.4) is 0 Å². The van der Waals surface area contributed by atoms with Crippen LogP contribution in [-0.2, 0) is 4.79 Å². The lowest BCUT2D eigenvalue weighted by molar-refractivity contribution is -0.115. The van der Waals surface area contributed by atoms with Crippen LogP contribution in [0.1, 0.15) is 10.4 Å². The van der Waals surface area contributed by atoms with E-state index in [0.717, 1.165) is 10.8 Å². The summed E-state index contributed by atoms with van der Waals surface area (Å²) in [4.78, 5) is 25.4. The Hall–Kier alpha value is -4.72. The first-order chi connectivity index (χ1) is 17.5. The molecule has 0 saturated heterocycles. The maximum atomic E-state index is 12.7. The van der Waals surface area contributed by atoms with Crippen LogP contribution in [0.15, 0.2) is 78.9 Å². The number of anilines is 1. The standard InChI is InChI=1S/C28H26N2O6/c1-33-24-15-19(16-25(34-2)27(24)35-3)36-23-14-7-6-13-22(23)30-26(31)17-29-28(32)21-12-8-10-18-9-4-5-11-20(18)21/h4-16H,17H2,1-3H3,(H,29,32)(H,30,31). The first-order valence-electron chi connectivity index (χ1n) is 11.2. The van der Waals surface area contributed by atoms with E-state index < -0.39 is 5.91 Å². The SMILES string of the molecule is COc1cc(Oc2ccccc2NC(=O)CNC(=O)c2cccc3ccccc23)cc(OC)c1OC.